The molecule has 3 aliphatic rings. The van der Waals surface area contributed by atoms with Gasteiger partial charge in [0.05, 0.1) is 0 Å². The molecule has 116 valence electrons. The maximum Gasteiger partial charge on any atom is 0.254 e. The van der Waals surface area contributed by atoms with E-state index in [9.17, 15) is 4.79 Å². The van der Waals surface area contributed by atoms with Crippen LogP contribution in [0.4, 0.5) is 0 Å². The van der Waals surface area contributed by atoms with Gasteiger partial charge in [0, 0.05) is 24.8 Å². The van der Waals surface area contributed by atoms with Crippen molar-refractivity contribution in [2.24, 2.45) is 35.5 Å². The van der Waals surface area contributed by atoms with Crippen molar-refractivity contribution in [2.45, 2.75) is 13.3 Å². The first-order valence-corrected chi connectivity index (χ1v) is 8.51. The minimum atomic E-state index is 0.0855. The summed E-state index contributed by atoms with van der Waals surface area (Å²) in [5, 5.41) is 0.376. The molecule has 2 saturated carbocycles. The minimum absolute atomic E-state index is 0.0855. The van der Waals surface area contributed by atoms with Crippen LogP contribution in [0.1, 0.15) is 23.7 Å². The van der Waals surface area contributed by atoms with E-state index in [2.05, 4.69) is 24.6 Å². The lowest BCUT2D eigenvalue weighted by molar-refractivity contribution is 0.0780. The van der Waals surface area contributed by atoms with E-state index in [4.69, 9.17) is 11.6 Å². The van der Waals surface area contributed by atoms with Gasteiger partial charge in [0.2, 0.25) is 0 Å². The molecule has 1 aliphatic heterocycles. The van der Waals surface area contributed by atoms with E-state index >= 15 is 0 Å². The van der Waals surface area contributed by atoms with Crippen molar-refractivity contribution in [2.75, 3.05) is 13.1 Å². The van der Waals surface area contributed by atoms with Gasteiger partial charge in [-0.2, -0.15) is 0 Å². The molecule has 1 aromatic heterocycles. The molecule has 3 nitrogen and oxygen atoms in total. The van der Waals surface area contributed by atoms with Crippen LogP contribution in [0.2, 0.25) is 5.15 Å². The summed E-state index contributed by atoms with van der Waals surface area (Å²) in [7, 11) is 0. The third-order valence-corrected chi connectivity index (χ3v) is 6.38. The molecule has 1 saturated heterocycles. The average Bonchev–Trinajstić information content (AvgIpc) is 3.18. The first-order chi connectivity index (χ1) is 10.6. The molecule has 22 heavy (non-hydrogen) atoms. The monoisotopic (exact) mass is 316 g/mol. The number of halogens is 1. The van der Waals surface area contributed by atoms with E-state index in [1.165, 1.54) is 6.42 Å². The first kappa shape index (κ1) is 14.3. The number of aromatic nitrogens is 1. The zero-order valence-corrected chi connectivity index (χ0v) is 13.5. The fourth-order valence-corrected chi connectivity index (χ4v) is 5.14. The molecule has 6 atom stereocenters. The molecule has 2 heterocycles. The van der Waals surface area contributed by atoms with Gasteiger partial charge in [0.25, 0.3) is 5.91 Å². The zero-order chi connectivity index (χ0) is 15.4. The van der Waals surface area contributed by atoms with Crippen LogP contribution in [0.25, 0.3) is 0 Å². The SMILES string of the molecule is C=CC1C2CC2C(C)C2CN(C(=O)c3ccnc(Cl)c3)CC12. The molecule has 0 bridgehead atoms. The number of rotatable bonds is 2. The Morgan fingerprint density at radius 2 is 2.14 bits per heavy atom. The maximum atomic E-state index is 12.8. The van der Waals surface area contributed by atoms with Gasteiger partial charge in [-0.25, -0.2) is 4.98 Å². The van der Waals surface area contributed by atoms with Crippen molar-refractivity contribution in [3.8, 4) is 0 Å². The highest BCUT2D eigenvalue weighted by molar-refractivity contribution is 6.29. The first-order valence-electron chi connectivity index (χ1n) is 8.13. The van der Waals surface area contributed by atoms with Gasteiger partial charge < -0.3 is 4.90 Å². The van der Waals surface area contributed by atoms with Crippen molar-refractivity contribution < 1.29 is 4.79 Å². The number of likely N-dealkylation sites (tertiary alicyclic amines) is 1. The lowest BCUT2D eigenvalue weighted by atomic mass is 9.69. The summed E-state index contributed by atoms with van der Waals surface area (Å²) in [6, 6.07) is 3.42. The Bertz CT molecular complexity index is 631. The van der Waals surface area contributed by atoms with E-state index in [0.29, 0.717) is 28.5 Å². The van der Waals surface area contributed by atoms with Crippen molar-refractivity contribution in [3.63, 3.8) is 0 Å². The second-order valence-electron chi connectivity index (χ2n) is 7.14. The Morgan fingerprint density at radius 3 is 2.86 bits per heavy atom. The molecule has 2 aliphatic carbocycles. The third kappa shape index (κ3) is 2.10. The van der Waals surface area contributed by atoms with Gasteiger partial charge in [-0.05, 0) is 54.1 Å². The van der Waals surface area contributed by atoms with Gasteiger partial charge in [0.1, 0.15) is 5.15 Å². The lowest BCUT2D eigenvalue weighted by Crippen LogP contribution is -2.33. The van der Waals surface area contributed by atoms with Crippen LogP contribution >= 0.6 is 11.6 Å². The molecule has 0 aromatic carbocycles. The summed E-state index contributed by atoms with van der Waals surface area (Å²) >= 11 is 5.92. The number of hydrogen-bond acceptors (Lipinski definition) is 2. The number of amides is 1. The molecule has 3 fully saturated rings. The predicted octanol–water partition coefficient (Wildman–Crippen LogP) is 3.51. The second-order valence-corrected chi connectivity index (χ2v) is 7.53. The number of pyridine rings is 1. The quantitative estimate of drug-likeness (QED) is 0.618. The van der Waals surface area contributed by atoms with Crippen LogP contribution < -0.4 is 0 Å². The number of allylic oxidation sites excluding steroid dienone is 1. The van der Waals surface area contributed by atoms with E-state index < -0.39 is 0 Å². The Morgan fingerprint density at radius 1 is 1.36 bits per heavy atom. The number of carbonyl (C=O) groups excluding carboxylic acids is 1. The van der Waals surface area contributed by atoms with E-state index in [1.54, 1.807) is 18.3 Å². The van der Waals surface area contributed by atoms with Crippen LogP contribution in [0, 0.1) is 35.5 Å². The highest BCUT2D eigenvalue weighted by Crippen LogP contribution is 2.61. The summed E-state index contributed by atoms with van der Waals surface area (Å²) in [6.45, 7) is 8.16. The van der Waals surface area contributed by atoms with Crippen LogP contribution in [-0.2, 0) is 0 Å². The molecule has 4 rings (SSSR count). The number of carbonyl (C=O) groups is 1. The van der Waals surface area contributed by atoms with Gasteiger partial charge in [-0.3, -0.25) is 4.79 Å². The standard InChI is InChI=1S/C18H21ClN2O/c1-3-12-14-7-13(14)10(2)15-8-21(9-16(12)15)18(22)11-4-5-20-17(19)6-11/h3-6,10,12-16H,1,7-9H2,2H3. The summed E-state index contributed by atoms with van der Waals surface area (Å²) in [5.74, 6) is 4.27. The largest absolute Gasteiger partial charge is 0.338 e. The van der Waals surface area contributed by atoms with E-state index in [0.717, 1.165) is 30.8 Å². The maximum absolute atomic E-state index is 12.8. The predicted molar refractivity (Wildman–Crippen MR) is 86.6 cm³/mol. The number of hydrogen-bond donors (Lipinski definition) is 0. The molecular formula is C18H21ClN2O. The van der Waals surface area contributed by atoms with Gasteiger partial charge in [-0.1, -0.05) is 24.6 Å². The van der Waals surface area contributed by atoms with E-state index in [1.807, 2.05) is 4.90 Å². The van der Waals surface area contributed by atoms with Crippen molar-refractivity contribution in [1.82, 2.24) is 9.88 Å². The molecular weight excluding hydrogens is 296 g/mol. The highest BCUT2D eigenvalue weighted by atomic mass is 35.5. The van der Waals surface area contributed by atoms with Crippen LogP contribution in [0.15, 0.2) is 31.0 Å². The fourth-order valence-electron chi connectivity index (χ4n) is 4.97. The molecule has 0 radical (unpaired) electrons. The fraction of sp³-hybridized carbons (Fsp3) is 0.556. The Balaban J connectivity index is 1.56. The average molecular weight is 317 g/mol. The molecule has 6 unspecified atom stereocenters. The summed E-state index contributed by atoms with van der Waals surface area (Å²) in [4.78, 5) is 18.7. The number of nitrogens with zero attached hydrogens (tertiary/aromatic N) is 2. The smallest absolute Gasteiger partial charge is 0.254 e. The van der Waals surface area contributed by atoms with Crippen molar-refractivity contribution in [3.05, 3.63) is 41.7 Å². The zero-order valence-electron chi connectivity index (χ0n) is 12.8. The van der Waals surface area contributed by atoms with Crippen LogP contribution in [0.3, 0.4) is 0 Å². The summed E-state index contributed by atoms with van der Waals surface area (Å²) in [5.41, 5.74) is 0.645. The normalized spacial score (nSPS) is 39.1. The van der Waals surface area contributed by atoms with Crippen molar-refractivity contribution >= 4 is 17.5 Å². The summed E-state index contributed by atoms with van der Waals surface area (Å²) < 4.78 is 0. The lowest BCUT2D eigenvalue weighted by Gasteiger charge is -2.35. The second kappa shape index (κ2) is 5.09. The van der Waals surface area contributed by atoms with Gasteiger partial charge in [0.15, 0.2) is 0 Å². The van der Waals surface area contributed by atoms with Crippen molar-refractivity contribution in [1.29, 1.82) is 0 Å². The molecule has 4 heteroatoms. The molecule has 1 amide bonds. The van der Waals surface area contributed by atoms with Crippen LogP contribution in [0.5, 0.6) is 0 Å². The van der Waals surface area contributed by atoms with Gasteiger partial charge >= 0.3 is 0 Å². The minimum Gasteiger partial charge on any atom is -0.338 e. The third-order valence-electron chi connectivity index (χ3n) is 6.18. The summed E-state index contributed by atoms with van der Waals surface area (Å²) in [6.07, 6.45) is 5.10. The highest BCUT2D eigenvalue weighted by Gasteiger charge is 2.58. The molecule has 0 spiro atoms. The van der Waals surface area contributed by atoms with E-state index in [-0.39, 0.29) is 5.91 Å². The van der Waals surface area contributed by atoms with Gasteiger partial charge in [-0.15, -0.1) is 6.58 Å². The topological polar surface area (TPSA) is 33.2 Å². The Kier molecular flexibility index (Phi) is 3.30. The molecule has 0 N–H and O–H groups in total. The number of fused-ring (bicyclic) bond motifs is 2. The Labute approximate surface area is 136 Å². The molecule has 1 aromatic rings. The van der Waals surface area contributed by atoms with Crippen LogP contribution in [-0.4, -0.2) is 28.9 Å². The Hall–Kier alpha value is -1.35.